The number of benzene rings is 2. The highest BCUT2D eigenvalue weighted by Crippen LogP contribution is 2.30. The highest BCUT2D eigenvalue weighted by atomic mass is 16.5. The second kappa shape index (κ2) is 6.64. The number of aromatic nitrogens is 2. The van der Waals surface area contributed by atoms with Crippen molar-refractivity contribution < 1.29 is 19.4 Å². The van der Waals surface area contributed by atoms with E-state index in [1.54, 1.807) is 37.3 Å². The van der Waals surface area contributed by atoms with Crippen LogP contribution in [0.5, 0.6) is 11.5 Å². The van der Waals surface area contributed by atoms with Crippen molar-refractivity contribution in [1.82, 2.24) is 9.97 Å². The van der Waals surface area contributed by atoms with Gasteiger partial charge in [-0.25, -0.2) is 9.78 Å². The van der Waals surface area contributed by atoms with E-state index in [-0.39, 0.29) is 28.4 Å². The molecule has 1 aromatic heterocycles. The maximum atomic E-state index is 12.3. The third kappa shape index (κ3) is 3.16. The number of phenols is 1. The van der Waals surface area contributed by atoms with Crippen molar-refractivity contribution in [2.75, 3.05) is 7.11 Å². The first-order chi connectivity index (χ1) is 12.0. The number of nitrogens with one attached hydrogen (secondary N) is 1. The van der Waals surface area contributed by atoms with Gasteiger partial charge in [0, 0.05) is 0 Å². The van der Waals surface area contributed by atoms with Crippen LogP contribution in [0.3, 0.4) is 0 Å². The van der Waals surface area contributed by atoms with E-state index in [1.165, 1.54) is 19.2 Å². The molecule has 0 unspecified atom stereocenters. The van der Waals surface area contributed by atoms with Gasteiger partial charge in [-0.05, 0) is 31.2 Å². The molecule has 25 heavy (non-hydrogen) atoms. The monoisotopic (exact) mass is 340 g/mol. The standard InChI is InChI=1S/C18H16N2O5/c1-10(16-19-13-8-4-3-6-11(13)17(22)20-16)25-18(23)12-7-5-9-14(24-2)15(12)21/h3-10,21H,1-2H3,(H,19,20,22)/t10-/m0/s1. The van der Waals surface area contributed by atoms with Gasteiger partial charge in [-0.3, -0.25) is 4.79 Å². The summed E-state index contributed by atoms with van der Waals surface area (Å²) in [6.07, 6.45) is -0.810. The minimum Gasteiger partial charge on any atom is -0.504 e. The molecule has 0 spiro atoms. The predicted molar refractivity (Wildman–Crippen MR) is 90.9 cm³/mol. The summed E-state index contributed by atoms with van der Waals surface area (Å²) in [5, 5.41) is 10.5. The van der Waals surface area contributed by atoms with Crippen LogP contribution in [0.2, 0.25) is 0 Å². The number of hydrogen-bond donors (Lipinski definition) is 2. The van der Waals surface area contributed by atoms with E-state index in [0.717, 1.165) is 0 Å². The molecule has 0 saturated carbocycles. The van der Waals surface area contributed by atoms with E-state index in [0.29, 0.717) is 10.9 Å². The lowest BCUT2D eigenvalue weighted by Crippen LogP contribution is -2.17. The first kappa shape index (κ1) is 16.5. The minimum absolute atomic E-state index is 0.0330. The molecule has 2 N–H and O–H groups in total. The molecule has 1 heterocycles. The van der Waals surface area contributed by atoms with Crippen LogP contribution in [0.1, 0.15) is 29.2 Å². The number of ether oxygens (including phenoxy) is 2. The van der Waals surface area contributed by atoms with Gasteiger partial charge in [0.05, 0.1) is 18.0 Å². The first-order valence-corrected chi connectivity index (χ1v) is 7.57. The minimum atomic E-state index is -0.810. The van der Waals surface area contributed by atoms with Gasteiger partial charge in [-0.1, -0.05) is 18.2 Å². The Hall–Kier alpha value is -3.35. The number of carbonyl (C=O) groups is 1. The van der Waals surface area contributed by atoms with Crippen LogP contribution in [0.25, 0.3) is 10.9 Å². The van der Waals surface area contributed by atoms with E-state index in [9.17, 15) is 14.7 Å². The zero-order valence-electron chi connectivity index (χ0n) is 13.6. The number of carbonyl (C=O) groups excluding carboxylic acids is 1. The Morgan fingerprint density at radius 3 is 2.72 bits per heavy atom. The van der Waals surface area contributed by atoms with Crippen molar-refractivity contribution in [2.45, 2.75) is 13.0 Å². The van der Waals surface area contributed by atoms with Gasteiger partial charge in [0.1, 0.15) is 5.56 Å². The topological polar surface area (TPSA) is 102 Å². The van der Waals surface area contributed by atoms with Crippen molar-refractivity contribution in [3.05, 3.63) is 64.2 Å². The van der Waals surface area contributed by atoms with Crippen LogP contribution in [0.15, 0.2) is 47.3 Å². The molecule has 3 aromatic rings. The summed E-state index contributed by atoms with van der Waals surface area (Å²) in [6, 6.07) is 11.4. The molecule has 2 aromatic carbocycles. The lowest BCUT2D eigenvalue weighted by Gasteiger charge is -2.14. The summed E-state index contributed by atoms with van der Waals surface area (Å²) in [6.45, 7) is 1.59. The van der Waals surface area contributed by atoms with Gasteiger partial charge in [0.2, 0.25) is 0 Å². The highest BCUT2D eigenvalue weighted by molar-refractivity contribution is 5.93. The van der Waals surface area contributed by atoms with Crippen LogP contribution >= 0.6 is 0 Å². The Morgan fingerprint density at radius 2 is 1.96 bits per heavy atom. The van der Waals surface area contributed by atoms with E-state index in [1.807, 2.05) is 0 Å². The summed E-state index contributed by atoms with van der Waals surface area (Å²) >= 11 is 0. The van der Waals surface area contributed by atoms with Gasteiger partial charge < -0.3 is 19.6 Å². The smallest absolute Gasteiger partial charge is 0.342 e. The number of para-hydroxylation sites is 2. The van der Waals surface area contributed by atoms with Crippen molar-refractivity contribution in [1.29, 1.82) is 0 Å². The average molecular weight is 340 g/mol. The van der Waals surface area contributed by atoms with Gasteiger partial charge in [-0.2, -0.15) is 0 Å². The first-order valence-electron chi connectivity index (χ1n) is 7.57. The molecule has 0 saturated heterocycles. The van der Waals surface area contributed by atoms with E-state index in [4.69, 9.17) is 9.47 Å². The molecule has 0 amide bonds. The fourth-order valence-corrected chi connectivity index (χ4v) is 2.43. The summed E-state index contributed by atoms with van der Waals surface area (Å²) < 4.78 is 10.3. The molecule has 0 fully saturated rings. The molecule has 0 radical (unpaired) electrons. The second-order valence-electron chi connectivity index (χ2n) is 5.37. The number of methoxy groups -OCH3 is 1. The van der Waals surface area contributed by atoms with Crippen LogP contribution in [-0.2, 0) is 4.74 Å². The number of fused-ring (bicyclic) bond motifs is 1. The molecular weight excluding hydrogens is 324 g/mol. The van der Waals surface area contributed by atoms with Crippen LogP contribution in [-0.4, -0.2) is 28.2 Å². The predicted octanol–water partition coefficient (Wildman–Crippen LogP) is 2.56. The average Bonchev–Trinajstić information content (AvgIpc) is 2.61. The molecule has 128 valence electrons. The molecular formula is C18H16N2O5. The molecule has 0 aliphatic heterocycles. The number of H-pyrrole nitrogens is 1. The third-order valence-corrected chi connectivity index (χ3v) is 3.74. The van der Waals surface area contributed by atoms with Gasteiger partial charge in [0.15, 0.2) is 23.4 Å². The van der Waals surface area contributed by atoms with E-state index in [2.05, 4.69) is 9.97 Å². The molecule has 0 bridgehead atoms. The van der Waals surface area contributed by atoms with E-state index < -0.39 is 12.1 Å². The lowest BCUT2D eigenvalue weighted by atomic mass is 10.2. The number of aromatic amines is 1. The fourth-order valence-electron chi connectivity index (χ4n) is 2.43. The molecule has 7 nitrogen and oxygen atoms in total. The maximum Gasteiger partial charge on any atom is 0.342 e. The van der Waals surface area contributed by atoms with E-state index >= 15 is 0 Å². The van der Waals surface area contributed by atoms with Gasteiger partial charge in [0.25, 0.3) is 5.56 Å². The van der Waals surface area contributed by atoms with Gasteiger partial charge >= 0.3 is 5.97 Å². The Balaban J connectivity index is 1.89. The number of phenolic OH excluding ortho intramolecular Hbond substituents is 1. The molecule has 3 rings (SSSR count). The number of aromatic hydroxyl groups is 1. The largest absolute Gasteiger partial charge is 0.504 e. The Labute approximate surface area is 142 Å². The summed E-state index contributed by atoms with van der Waals surface area (Å²) in [5.41, 5.74) is 0.162. The number of esters is 1. The van der Waals surface area contributed by atoms with Crippen LogP contribution in [0.4, 0.5) is 0 Å². The molecule has 1 atom stereocenters. The van der Waals surface area contributed by atoms with Gasteiger partial charge in [-0.15, -0.1) is 0 Å². The van der Waals surface area contributed by atoms with Crippen LogP contribution < -0.4 is 10.3 Å². The summed E-state index contributed by atoms with van der Waals surface area (Å²) in [7, 11) is 1.39. The summed E-state index contributed by atoms with van der Waals surface area (Å²) in [5.74, 6) is -0.666. The number of hydrogen-bond acceptors (Lipinski definition) is 6. The lowest BCUT2D eigenvalue weighted by molar-refractivity contribution is 0.0316. The quantitative estimate of drug-likeness (QED) is 0.708. The zero-order chi connectivity index (χ0) is 18.0. The summed E-state index contributed by atoms with van der Waals surface area (Å²) in [4.78, 5) is 31.3. The maximum absolute atomic E-state index is 12.3. The normalized spacial score (nSPS) is 11.9. The molecule has 0 aliphatic carbocycles. The third-order valence-electron chi connectivity index (χ3n) is 3.74. The SMILES string of the molecule is COc1cccc(C(=O)O[C@@H](C)c2nc3ccccc3c(=O)[nH]2)c1O. The number of nitrogens with zero attached hydrogens (tertiary/aromatic N) is 1. The number of rotatable bonds is 4. The van der Waals surface area contributed by atoms with Crippen molar-refractivity contribution >= 4 is 16.9 Å². The second-order valence-corrected chi connectivity index (χ2v) is 5.37. The molecule has 0 aliphatic rings. The van der Waals surface area contributed by atoms with Crippen molar-refractivity contribution in [3.63, 3.8) is 0 Å². The Morgan fingerprint density at radius 1 is 1.20 bits per heavy atom. The fraction of sp³-hybridized carbons (Fsp3) is 0.167. The zero-order valence-corrected chi connectivity index (χ0v) is 13.6. The Bertz CT molecular complexity index is 996. The Kier molecular flexibility index (Phi) is 4.38. The molecule has 7 heteroatoms. The van der Waals surface area contributed by atoms with Crippen molar-refractivity contribution in [2.24, 2.45) is 0 Å². The van der Waals surface area contributed by atoms with Crippen molar-refractivity contribution in [3.8, 4) is 11.5 Å². The highest BCUT2D eigenvalue weighted by Gasteiger charge is 2.21. The van der Waals surface area contributed by atoms with Crippen LogP contribution in [0, 0.1) is 0 Å².